The first-order valence-electron chi connectivity index (χ1n) is 7.39. The molecule has 0 aliphatic carbocycles. The molecule has 1 aromatic carbocycles. The van der Waals surface area contributed by atoms with E-state index in [1.165, 1.54) is 18.4 Å². The maximum atomic E-state index is 5.93. The van der Waals surface area contributed by atoms with Crippen LogP contribution < -0.4 is 10.5 Å². The van der Waals surface area contributed by atoms with E-state index in [-0.39, 0.29) is 0 Å². The van der Waals surface area contributed by atoms with Gasteiger partial charge in [-0.1, -0.05) is 25.1 Å². The van der Waals surface area contributed by atoms with Gasteiger partial charge in [0.2, 0.25) is 0 Å². The van der Waals surface area contributed by atoms with Crippen LogP contribution in [0, 0.1) is 5.92 Å². The fourth-order valence-corrected chi connectivity index (χ4v) is 2.90. The largest absolute Gasteiger partial charge is 0.494 e. The van der Waals surface area contributed by atoms with Crippen molar-refractivity contribution in [1.29, 1.82) is 0 Å². The summed E-state index contributed by atoms with van der Waals surface area (Å²) in [4.78, 5) is 2.51. The molecule has 0 aromatic heterocycles. The molecule has 3 nitrogen and oxygen atoms in total. The third-order valence-corrected chi connectivity index (χ3v) is 4.02. The summed E-state index contributed by atoms with van der Waals surface area (Å²) in [5.41, 5.74) is 7.21. The van der Waals surface area contributed by atoms with E-state index in [9.17, 15) is 0 Å². The SMILES string of the molecule is CCOc1ccccc1CN1CCC(C)CC1CN. The highest BCUT2D eigenvalue weighted by Crippen LogP contribution is 2.26. The normalized spacial score (nSPS) is 24.4. The van der Waals surface area contributed by atoms with Crippen LogP contribution in [-0.4, -0.2) is 30.6 Å². The molecule has 3 heteroatoms. The predicted octanol–water partition coefficient (Wildman–Crippen LogP) is 2.64. The van der Waals surface area contributed by atoms with Crippen molar-refractivity contribution in [3.05, 3.63) is 29.8 Å². The summed E-state index contributed by atoms with van der Waals surface area (Å²) in [5.74, 6) is 1.81. The molecule has 0 amide bonds. The van der Waals surface area contributed by atoms with Crippen LogP contribution >= 0.6 is 0 Å². The van der Waals surface area contributed by atoms with Crippen LogP contribution in [-0.2, 0) is 6.54 Å². The molecule has 2 N–H and O–H groups in total. The van der Waals surface area contributed by atoms with Gasteiger partial charge < -0.3 is 10.5 Å². The zero-order valence-corrected chi connectivity index (χ0v) is 12.1. The number of piperidine rings is 1. The van der Waals surface area contributed by atoms with Crippen molar-refractivity contribution in [3.8, 4) is 5.75 Å². The summed E-state index contributed by atoms with van der Waals surface area (Å²) >= 11 is 0. The monoisotopic (exact) mass is 262 g/mol. The van der Waals surface area contributed by atoms with Crippen LogP contribution in [0.2, 0.25) is 0 Å². The van der Waals surface area contributed by atoms with E-state index >= 15 is 0 Å². The molecule has 1 aliphatic heterocycles. The number of para-hydroxylation sites is 1. The first kappa shape index (κ1) is 14.4. The highest BCUT2D eigenvalue weighted by atomic mass is 16.5. The maximum Gasteiger partial charge on any atom is 0.123 e. The number of rotatable bonds is 5. The molecule has 0 saturated carbocycles. The Labute approximate surface area is 116 Å². The van der Waals surface area contributed by atoms with Gasteiger partial charge in [0.05, 0.1) is 6.61 Å². The second-order valence-corrected chi connectivity index (χ2v) is 5.53. The van der Waals surface area contributed by atoms with Crippen LogP contribution in [0.15, 0.2) is 24.3 Å². The fraction of sp³-hybridized carbons (Fsp3) is 0.625. The Morgan fingerprint density at radius 3 is 2.89 bits per heavy atom. The molecule has 0 radical (unpaired) electrons. The predicted molar refractivity (Wildman–Crippen MR) is 79.3 cm³/mol. The van der Waals surface area contributed by atoms with Gasteiger partial charge in [0.25, 0.3) is 0 Å². The van der Waals surface area contributed by atoms with Crippen molar-refractivity contribution in [2.24, 2.45) is 11.7 Å². The maximum absolute atomic E-state index is 5.93. The third kappa shape index (κ3) is 3.71. The Morgan fingerprint density at radius 2 is 2.16 bits per heavy atom. The lowest BCUT2D eigenvalue weighted by Crippen LogP contribution is -2.45. The highest BCUT2D eigenvalue weighted by Gasteiger charge is 2.25. The van der Waals surface area contributed by atoms with E-state index in [0.717, 1.165) is 31.3 Å². The van der Waals surface area contributed by atoms with Crippen molar-refractivity contribution < 1.29 is 4.74 Å². The molecule has 19 heavy (non-hydrogen) atoms. The number of hydrogen-bond donors (Lipinski definition) is 1. The molecule has 0 bridgehead atoms. The molecule has 2 unspecified atom stereocenters. The molecule has 1 aliphatic rings. The molecule has 2 atom stereocenters. The Morgan fingerprint density at radius 1 is 1.37 bits per heavy atom. The minimum Gasteiger partial charge on any atom is -0.494 e. The fourth-order valence-electron chi connectivity index (χ4n) is 2.90. The summed E-state index contributed by atoms with van der Waals surface area (Å²) in [6.07, 6.45) is 2.49. The molecule has 1 fully saturated rings. The quantitative estimate of drug-likeness (QED) is 0.886. The van der Waals surface area contributed by atoms with Gasteiger partial charge in [0.15, 0.2) is 0 Å². The average molecular weight is 262 g/mol. The van der Waals surface area contributed by atoms with E-state index in [1.54, 1.807) is 0 Å². The van der Waals surface area contributed by atoms with Gasteiger partial charge in [-0.25, -0.2) is 0 Å². The van der Waals surface area contributed by atoms with E-state index in [4.69, 9.17) is 10.5 Å². The summed E-state index contributed by atoms with van der Waals surface area (Å²) in [5, 5.41) is 0. The van der Waals surface area contributed by atoms with Crippen LogP contribution in [0.1, 0.15) is 32.3 Å². The number of hydrogen-bond acceptors (Lipinski definition) is 3. The average Bonchev–Trinajstić information content (AvgIpc) is 2.43. The lowest BCUT2D eigenvalue weighted by Gasteiger charge is -2.38. The van der Waals surface area contributed by atoms with Gasteiger partial charge in [-0.15, -0.1) is 0 Å². The molecule has 1 saturated heterocycles. The van der Waals surface area contributed by atoms with Gasteiger partial charge >= 0.3 is 0 Å². The Bertz CT molecular complexity index is 394. The number of nitrogens with two attached hydrogens (primary N) is 1. The molecular weight excluding hydrogens is 236 g/mol. The standard InChI is InChI=1S/C16H26N2O/c1-3-19-16-7-5-4-6-14(16)12-18-9-8-13(2)10-15(18)11-17/h4-7,13,15H,3,8-12,17H2,1-2H3. The third-order valence-electron chi connectivity index (χ3n) is 4.02. The highest BCUT2D eigenvalue weighted by molar-refractivity contribution is 5.33. The molecule has 2 rings (SSSR count). The van der Waals surface area contributed by atoms with Crippen molar-refractivity contribution in [3.63, 3.8) is 0 Å². The van der Waals surface area contributed by atoms with Gasteiger partial charge in [-0.3, -0.25) is 4.90 Å². The lowest BCUT2D eigenvalue weighted by molar-refractivity contribution is 0.114. The summed E-state index contributed by atoms with van der Waals surface area (Å²) in [7, 11) is 0. The van der Waals surface area contributed by atoms with Crippen LogP contribution in [0.5, 0.6) is 5.75 Å². The molecule has 0 spiro atoms. The number of likely N-dealkylation sites (tertiary alicyclic amines) is 1. The van der Waals surface area contributed by atoms with E-state index in [0.29, 0.717) is 12.6 Å². The number of ether oxygens (including phenoxy) is 1. The number of nitrogens with zero attached hydrogens (tertiary/aromatic N) is 1. The van der Waals surface area contributed by atoms with Gasteiger partial charge in [-0.05, 0) is 38.3 Å². The first-order chi connectivity index (χ1) is 9.24. The van der Waals surface area contributed by atoms with E-state index < -0.39 is 0 Å². The van der Waals surface area contributed by atoms with Gasteiger partial charge in [0, 0.05) is 24.7 Å². The Hall–Kier alpha value is -1.06. The molecule has 1 aromatic rings. The van der Waals surface area contributed by atoms with Crippen molar-refractivity contribution >= 4 is 0 Å². The van der Waals surface area contributed by atoms with Crippen LogP contribution in [0.3, 0.4) is 0 Å². The second-order valence-electron chi connectivity index (χ2n) is 5.53. The first-order valence-corrected chi connectivity index (χ1v) is 7.39. The van der Waals surface area contributed by atoms with E-state index in [2.05, 4.69) is 30.0 Å². The Balaban J connectivity index is 2.07. The van der Waals surface area contributed by atoms with Crippen LogP contribution in [0.25, 0.3) is 0 Å². The van der Waals surface area contributed by atoms with E-state index in [1.807, 2.05) is 13.0 Å². The summed E-state index contributed by atoms with van der Waals surface area (Å²) in [6, 6.07) is 8.85. The summed E-state index contributed by atoms with van der Waals surface area (Å²) < 4.78 is 5.71. The number of benzene rings is 1. The van der Waals surface area contributed by atoms with Crippen molar-refractivity contribution in [2.45, 2.75) is 39.3 Å². The minimum atomic E-state index is 0.512. The zero-order valence-electron chi connectivity index (χ0n) is 12.1. The molecular formula is C16H26N2O. The van der Waals surface area contributed by atoms with Crippen molar-refractivity contribution in [2.75, 3.05) is 19.7 Å². The van der Waals surface area contributed by atoms with Crippen LogP contribution in [0.4, 0.5) is 0 Å². The zero-order chi connectivity index (χ0) is 13.7. The Kier molecular flexibility index (Phi) is 5.23. The van der Waals surface area contributed by atoms with Crippen molar-refractivity contribution in [1.82, 2.24) is 4.90 Å². The molecule has 106 valence electrons. The second kappa shape index (κ2) is 6.92. The lowest BCUT2D eigenvalue weighted by atomic mass is 9.92. The van der Waals surface area contributed by atoms with Gasteiger partial charge in [-0.2, -0.15) is 0 Å². The topological polar surface area (TPSA) is 38.5 Å². The van der Waals surface area contributed by atoms with Gasteiger partial charge in [0.1, 0.15) is 5.75 Å². The minimum absolute atomic E-state index is 0.512. The smallest absolute Gasteiger partial charge is 0.123 e. The summed E-state index contributed by atoms with van der Waals surface area (Å²) in [6.45, 7) is 7.92. The molecule has 1 heterocycles.